The van der Waals surface area contributed by atoms with Crippen molar-refractivity contribution in [2.45, 2.75) is 50.2 Å². The van der Waals surface area contributed by atoms with Crippen LogP contribution in [-0.2, 0) is 11.0 Å². The second kappa shape index (κ2) is 14.1. The van der Waals surface area contributed by atoms with Crippen LogP contribution in [0.2, 0.25) is 0 Å². The lowest BCUT2D eigenvalue weighted by Crippen LogP contribution is -2.49. The summed E-state index contributed by atoms with van der Waals surface area (Å²) in [7, 11) is 0. The predicted octanol–water partition coefficient (Wildman–Crippen LogP) is 7.46. The van der Waals surface area contributed by atoms with Crippen LogP contribution in [0.5, 0.6) is 0 Å². The summed E-state index contributed by atoms with van der Waals surface area (Å²) in [5.74, 6) is -4.04. The van der Waals surface area contributed by atoms with Gasteiger partial charge in [0.15, 0.2) is 0 Å². The van der Waals surface area contributed by atoms with E-state index in [4.69, 9.17) is 5.10 Å². The highest BCUT2D eigenvalue weighted by atomic mass is 19.4. The van der Waals surface area contributed by atoms with Crippen LogP contribution >= 0.6 is 0 Å². The van der Waals surface area contributed by atoms with E-state index in [1.807, 2.05) is 10.9 Å². The van der Waals surface area contributed by atoms with Gasteiger partial charge in [0, 0.05) is 65.9 Å². The molecule has 4 amide bonds. The largest absolute Gasteiger partial charge is 0.433 e. The number of hydrogen-bond acceptors (Lipinski definition) is 7. The van der Waals surface area contributed by atoms with E-state index in [1.165, 1.54) is 23.4 Å². The van der Waals surface area contributed by atoms with Crippen LogP contribution in [0.25, 0.3) is 27.2 Å². The maximum atomic E-state index is 16.0. The van der Waals surface area contributed by atoms with Gasteiger partial charge in [0.25, 0.3) is 11.8 Å². The first kappa shape index (κ1) is 36.2. The first-order valence-electron chi connectivity index (χ1n) is 18.0. The lowest BCUT2D eigenvalue weighted by atomic mass is 9.85. The summed E-state index contributed by atoms with van der Waals surface area (Å²) >= 11 is 0. The zero-order chi connectivity index (χ0) is 38.5. The minimum atomic E-state index is -4.67. The molecule has 284 valence electrons. The minimum absolute atomic E-state index is 0.0731. The second-order valence-corrected chi connectivity index (χ2v) is 14.2. The van der Waals surface area contributed by atoms with Gasteiger partial charge in [-0.2, -0.15) is 27.1 Å². The average molecular weight is 759 g/mol. The summed E-state index contributed by atoms with van der Waals surface area (Å²) in [5, 5.41) is 11.5. The van der Waals surface area contributed by atoms with E-state index in [2.05, 4.69) is 20.6 Å². The van der Waals surface area contributed by atoms with Gasteiger partial charge < -0.3 is 5.32 Å². The number of alkyl halides is 5. The molecule has 5 aromatic rings. The van der Waals surface area contributed by atoms with Crippen molar-refractivity contribution in [3.8, 4) is 0 Å². The Balaban J connectivity index is 0.897. The minimum Gasteiger partial charge on any atom is -0.321 e. The van der Waals surface area contributed by atoms with Crippen molar-refractivity contribution in [2.75, 3.05) is 36.4 Å². The molecule has 1 saturated heterocycles. The third kappa shape index (κ3) is 7.37. The molecule has 2 fully saturated rings. The molecule has 3 aliphatic rings. The van der Waals surface area contributed by atoms with Crippen LogP contribution in [0.15, 0.2) is 79.3 Å². The van der Waals surface area contributed by atoms with Gasteiger partial charge in [0.2, 0.25) is 5.91 Å². The number of carbonyl (C=O) groups excluding carboxylic acids is 3. The van der Waals surface area contributed by atoms with Crippen LogP contribution < -0.4 is 15.5 Å². The number of amides is 4. The molecule has 1 saturated carbocycles. The number of pyridine rings is 2. The molecular weight excluding hydrogens is 723 g/mol. The highest BCUT2D eigenvalue weighted by Gasteiger charge is 2.41. The molecule has 2 aliphatic heterocycles. The normalized spacial score (nSPS) is 20.7. The van der Waals surface area contributed by atoms with Crippen molar-refractivity contribution < 1.29 is 36.3 Å². The first-order chi connectivity index (χ1) is 26.3. The fourth-order valence-corrected chi connectivity index (χ4v) is 7.85. The van der Waals surface area contributed by atoms with Gasteiger partial charge in [-0.1, -0.05) is 30.3 Å². The lowest BCUT2D eigenvalue weighted by molar-refractivity contribution is -0.141. The molecule has 0 atom stereocenters. The summed E-state index contributed by atoms with van der Waals surface area (Å²) in [4.78, 5) is 47.8. The number of fused-ring (bicyclic) bond motifs is 2. The van der Waals surface area contributed by atoms with E-state index < -0.39 is 36.3 Å². The maximum Gasteiger partial charge on any atom is 0.433 e. The number of hydrogen-bond donors (Lipinski definition) is 2. The molecule has 55 heavy (non-hydrogen) atoms. The van der Waals surface area contributed by atoms with Crippen LogP contribution in [0.3, 0.4) is 0 Å². The number of carbonyl (C=O) groups is 3. The van der Waals surface area contributed by atoms with Crippen LogP contribution in [0.4, 0.5) is 38.1 Å². The van der Waals surface area contributed by atoms with Gasteiger partial charge in [0.05, 0.1) is 30.0 Å². The Morgan fingerprint density at radius 1 is 0.982 bits per heavy atom. The Labute approximate surface area is 311 Å². The second-order valence-electron chi connectivity index (χ2n) is 14.2. The van der Waals surface area contributed by atoms with Gasteiger partial charge in [-0.3, -0.25) is 34.4 Å². The number of anilines is 2. The third-order valence-corrected chi connectivity index (χ3v) is 10.5. The predicted molar refractivity (Wildman–Crippen MR) is 195 cm³/mol. The number of nitrogens with one attached hydrogen (secondary N) is 2. The topological polar surface area (TPSA) is 125 Å². The number of imide groups is 1. The number of urea groups is 1. The van der Waals surface area contributed by atoms with Gasteiger partial charge in [-0.15, -0.1) is 0 Å². The molecule has 2 aromatic carbocycles. The Hall–Kier alpha value is -5.77. The number of rotatable bonds is 7. The van der Waals surface area contributed by atoms with Crippen molar-refractivity contribution in [2.24, 2.45) is 5.92 Å². The van der Waals surface area contributed by atoms with Crippen molar-refractivity contribution >= 4 is 56.5 Å². The van der Waals surface area contributed by atoms with Crippen molar-refractivity contribution in [3.63, 3.8) is 0 Å². The number of aromatic nitrogens is 4. The fraction of sp³-hybridized carbons (Fsp3) is 0.333. The van der Waals surface area contributed by atoms with E-state index in [0.29, 0.717) is 46.3 Å². The molecule has 1 aliphatic carbocycles. The molecule has 0 spiro atoms. The Morgan fingerprint density at radius 2 is 1.78 bits per heavy atom. The van der Waals surface area contributed by atoms with E-state index in [0.717, 1.165) is 43.2 Å². The van der Waals surface area contributed by atoms with E-state index >= 15 is 8.78 Å². The van der Waals surface area contributed by atoms with Crippen molar-refractivity contribution in [3.05, 3.63) is 96.2 Å². The van der Waals surface area contributed by atoms with Crippen LogP contribution in [0.1, 0.15) is 59.9 Å². The molecule has 8 rings (SSSR count). The maximum absolute atomic E-state index is 16.0. The standard InChI is InChI=1S/C39H35F5N8O3/c40-38(41)22-50(15-13-30(38)27-3-1-4-28-29(27)18-45-19-33(28)51-16-14-35(53)48-37(51)55)20-23-7-10-26(11-8-23)52-21-24-17-25(9-12-31(24)49-52)46-36(54)32-5-2-6-34(47-32)39(42,43)44/h1-6,9,12-13,17-19,21,23,26H,7-8,10-11,14-16,20,22H2,(H,46,54)(H,48,53,55). The molecule has 11 nitrogen and oxygen atoms in total. The highest BCUT2D eigenvalue weighted by molar-refractivity contribution is 6.11. The quantitative estimate of drug-likeness (QED) is 0.165. The molecule has 0 unspecified atom stereocenters. The molecule has 5 heterocycles. The molecule has 16 heteroatoms. The smallest absolute Gasteiger partial charge is 0.321 e. The zero-order valence-corrected chi connectivity index (χ0v) is 29.3. The van der Waals surface area contributed by atoms with Crippen molar-refractivity contribution in [1.82, 2.24) is 30.0 Å². The van der Waals surface area contributed by atoms with Crippen LogP contribution in [0, 0.1) is 5.92 Å². The van der Waals surface area contributed by atoms with Gasteiger partial charge in [-0.25, -0.2) is 9.78 Å². The van der Waals surface area contributed by atoms with E-state index in [9.17, 15) is 27.6 Å². The molecule has 0 bridgehead atoms. The fourth-order valence-electron chi connectivity index (χ4n) is 7.85. The number of halogens is 5. The van der Waals surface area contributed by atoms with E-state index in [1.54, 1.807) is 47.4 Å². The Kier molecular flexibility index (Phi) is 9.31. The molecule has 3 aromatic heterocycles. The summed E-state index contributed by atoms with van der Waals surface area (Å²) in [6.07, 6.45) is 5.25. The molecule has 2 N–H and O–H groups in total. The Bertz CT molecular complexity index is 2350. The Morgan fingerprint density at radius 3 is 2.55 bits per heavy atom. The third-order valence-electron chi connectivity index (χ3n) is 10.5. The number of nitrogens with zero attached hydrogens (tertiary/aromatic N) is 6. The summed E-state index contributed by atoms with van der Waals surface area (Å²) in [5.41, 5.74) is 0.327. The summed E-state index contributed by atoms with van der Waals surface area (Å²) in [6, 6.07) is 12.9. The zero-order valence-electron chi connectivity index (χ0n) is 29.3. The van der Waals surface area contributed by atoms with Gasteiger partial charge >= 0.3 is 12.2 Å². The SMILES string of the molecule is O=C1CCN(c2cncc3c(C4=CCN(CC5CCC(n6cc7cc(NC(=O)c8cccc(C(F)(F)F)n8)ccc7n6)CC5)CC4(F)F)cccc23)C(=O)N1. The van der Waals surface area contributed by atoms with Gasteiger partial charge in [0.1, 0.15) is 11.4 Å². The van der Waals surface area contributed by atoms with Gasteiger partial charge in [-0.05, 0) is 67.5 Å². The average Bonchev–Trinajstić information content (AvgIpc) is 3.58. The number of benzene rings is 2. The van der Waals surface area contributed by atoms with Crippen LogP contribution in [-0.4, -0.2) is 74.6 Å². The monoisotopic (exact) mass is 758 g/mol. The molecular formula is C39H35F5N8O3. The summed E-state index contributed by atoms with van der Waals surface area (Å²) in [6.45, 7) is 0.632. The van der Waals surface area contributed by atoms with E-state index in [-0.39, 0.29) is 42.1 Å². The highest BCUT2D eigenvalue weighted by Crippen LogP contribution is 2.42. The molecule has 0 radical (unpaired) electrons. The lowest BCUT2D eigenvalue weighted by Gasteiger charge is -2.37. The summed E-state index contributed by atoms with van der Waals surface area (Å²) < 4.78 is 73.0. The van der Waals surface area contributed by atoms with Crippen molar-refractivity contribution in [1.29, 1.82) is 0 Å². The first-order valence-corrected chi connectivity index (χ1v) is 18.0.